The van der Waals surface area contributed by atoms with E-state index in [1.165, 1.54) is 6.26 Å². The summed E-state index contributed by atoms with van der Waals surface area (Å²) < 4.78 is 10.4. The van der Waals surface area contributed by atoms with Crippen LogP contribution in [0.25, 0.3) is 0 Å². The highest BCUT2D eigenvalue weighted by atomic mass is 16.5. The number of anilines is 1. The molecule has 148 valence electrons. The third kappa shape index (κ3) is 5.32. The lowest BCUT2D eigenvalue weighted by atomic mass is 10.1. The Morgan fingerprint density at radius 2 is 1.79 bits per heavy atom. The van der Waals surface area contributed by atoms with E-state index >= 15 is 0 Å². The maximum atomic E-state index is 12.3. The fraction of sp³-hybridized carbons (Fsp3) is 0.136. The van der Waals surface area contributed by atoms with E-state index in [1.54, 1.807) is 61.5 Å². The molecule has 0 saturated carbocycles. The minimum Gasteiger partial charge on any atom is -0.494 e. The molecule has 3 aromatic rings. The second-order valence-corrected chi connectivity index (χ2v) is 6.11. The van der Waals surface area contributed by atoms with E-state index in [2.05, 4.69) is 15.8 Å². The number of nitrogens with zero attached hydrogens (tertiary/aromatic N) is 1. The van der Waals surface area contributed by atoms with E-state index < -0.39 is 0 Å². The first-order valence-corrected chi connectivity index (χ1v) is 9.09. The molecule has 0 bridgehead atoms. The van der Waals surface area contributed by atoms with Gasteiger partial charge in [0.15, 0.2) is 5.76 Å². The predicted molar refractivity (Wildman–Crippen MR) is 110 cm³/mol. The van der Waals surface area contributed by atoms with Crippen molar-refractivity contribution >= 4 is 23.2 Å². The zero-order chi connectivity index (χ0) is 20.6. The molecule has 0 atom stereocenters. The number of nitrogens with one attached hydrogen (secondary N) is 2. The molecule has 29 heavy (non-hydrogen) atoms. The van der Waals surface area contributed by atoms with Crippen LogP contribution in [-0.2, 0) is 0 Å². The van der Waals surface area contributed by atoms with Crippen molar-refractivity contribution < 1.29 is 18.7 Å². The number of benzene rings is 2. The third-order valence-electron chi connectivity index (χ3n) is 4.04. The molecule has 3 rings (SSSR count). The zero-order valence-electron chi connectivity index (χ0n) is 16.1. The Morgan fingerprint density at radius 1 is 1.00 bits per heavy atom. The highest BCUT2D eigenvalue weighted by Gasteiger charge is 2.10. The van der Waals surface area contributed by atoms with Crippen molar-refractivity contribution in [2.75, 3.05) is 11.9 Å². The zero-order valence-corrected chi connectivity index (χ0v) is 16.1. The Kier molecular flexibility index (Phi) is 6.42. The van der Waals surface area contributed by atoms with Crippen LogP contribution in [0.1, 0.15) is 40.3 Å². The van der Waals surface area contributed by atoms with Crippen molar-refractivity contribution in [3.05, 3.63) is 83.8 Å². The topological polar surface area (TPSA) is 92.9 Å². The van der Waals surface area contributed by atoms with E-state index in [0.29, 0.717) is 29.3 Å². The molecule has 0 saturated heterocycles. The van der Waals surface area contributed by atoms with Gasteiger partial charge >= 0.3 is 0 Å². The highest BCUT2D eigenvalue weighted by molar-refractivity contribution is 6.04. The first-order chi connectivity index (χ1) is 14.1. The van der Waals surface area contributed by atoms with E-state index in [9.17, 15) is 9.59 Å². The van der Waals surface area contributed by atoms with Crippen LogP contribution in [-0.4, -0.2) is 24.1 Å². The quantitative estimate of drug-likeness (QED) is 0.469. The van der Waals surface area contributed by atoms with Crippen LogP contribution in [0.15, 0.2) is 76.4 Å². The van der Waals surface area contributed by atoms with Gasteiger partial charge in [-0.1, -0.05) is 12.1 Å². The van der Waals surface area contributed by atoms with Gasteiger partial charge in [-0.25, -0.2) is 5.43 Å². The summed E-state index contributed by atoms with van der Waals surface area (Å²) in [6.45, 7) is 4.23. The van der Waals surface area contributed by atoms with Crippen molar-refractivity contribution in [1.29, 1.82) is 0 Å². The summed E-state index contributed by atoms with van der Waals surface area (Å²) in [5, 5.41) is 6.91. The first kappa shape index (κ1) is 19.9. The molecule has 0 aliphatic rings. The maximum absolute atomic E-state index is 12.3. The van der Waals surface area contributed by atoms with Gasteiger partial charge in [0.2, 0.25) is 0 Å². The van der Waals surface area contributed by atoms with Gasteiger partial charge in [0.25, 0.3) is 11.8 Å². The van der Waals surface area contributed by atoms with Gasteiger partial charge in [-0.2, -0.15) is 5.10 Å². The second-order valence-electron chi connectivity index (χ2n) is 6.11. The Labute approximate surface area is 168 Å². The standard InChI is InChI=1S/C22H21N3O4/c1-3-28-19-11-9-16(10-12-19)21(26)25-24-15(2)17-6-4-7-18(14-17)23-22(27)20-8-5-13-29-20/h4-14H,3H2,1-2H3,(H,23,27)(H,25,26)/b24-15-. The van der Waals surface area contributed by atoms with Crippen LogP contribution in [0.3, 0.4) is 0 Å². The van der Waals surface area contributed by atoms with Crippen LogP contribution in [0, 0.1) is 0 Å². The van der Waals surface area contributed by atoms with E-state index in [-0.39, 0.29) is 17.6 Å². The number of hydrazone groups is 1. The molecule has 0 unspecified atom stereocenters. The van der Waals surface area contributed by atoms with Crippen LogP contribution in [0.5, 0.6) is 5.75 Å². The number of carbonyl (C=O) groups excluding carboxylic acids is 2. The van der Waals surface area contributed by atoms with Gasteiger partial charge in [0.05, 0.1) is 18.6 Å². The fourth-order valence-corrected chi connectivity index (χ4v) is 2.56. The van der Waals surface area contributed by atoms with Gasteiger partial charge in [-0.3, -0.25) is 9.59 Å². The molecule has 2 amide bonds. The maximum Gasteiger partial charge on any atom is 0.291 e. The van der Waals surface area contributed by atoms with Crippen molar-refractivity contribution in [2.24, 2.45) is 5.10 Å². The average Bonchev–Trinajstić information content (AvgIpc) is 3.28. The molecular formula is C22H21N3O4. The van der Waals surface area contributed by atoms with Crippen LogP contribution >= 0.6 is 0 Å². The number of rotatable bonds is 7. The molecule has 2 N–H and O–H groups in total. The number of ether oxygens (including phenoxy) is 1. The molecule has 7 nitrogen and oxygen atoms in total. The molecule has 0 aliphatic carbocycles. The van der Waals surface area contributed by atoms with Crippen molar-refractivity contribution in [1.82, 2.24) is 5.43 Å². The molecule has 2 aromatic carbocycles. The lowest BCUT2D eigenvalue weighted by Crippen LogP contribution is -2.19. The number of carbonyl (C=O) groups is 2. The Balaban J connectivity index is 1.64. The van der Waals surface area contributed by atoms with Crippen molar-refractivity contribution in [2.45, 2.75) is 13.8 Å². The van der Waals surface area contributed by atoms with Crippen LogP contribution < -0.4 is 15.5 Å². The van der Waals surface area contributed by atoms with Gasteiger partial charge in [0.1, 0.15) is 5.75 Å². The fourth-order valence-electron chi connectivity index (χ4n) is 2.56. The Hall–Kier alpha value is -3.87. The lowest BCUT2D eigenvalue weighted by molar-refractivity contribution is 0.0953. The van der Waals surface area contributed by atoms with Gasteiger partial charge in [-0.15, -0.1) is 0 Å². The number of hydrogen-bond acceptors (Lipinski definition) is 5. The second kappa shape index (κ2) is 9.36. The Bertz CT molecular complexity index is 1010. The summed E-state index contributed by atoms with van der Waals surface area (Å²) in [5.41, 5.74) is 4.96. The van der Waals surface area contributed by atoms with Gasteiger partial charge < -0.3 is 14.5 Å². The van der Waals surface area contributed by atoms with Crippen LogP contribution in [0.4, 0.5) is 5.69 Å². The predicted octanol–water partition coefficient (Wildman–Crippen LogP) is 4.08. The molecule has 0 radical (unpaired) electrons. The highest BCUT2D eigenvalue weighted by Crippen LogP contribution is 2.14. The summed E-state index contributed by atoms with van der Waals surface area (Å²) >= 11 is 0. The summed E-state index contributed by atoms with van der Waals surface area (Å²) in [5.74, 6) is 0.265. The third-order valence-corrected chi connectivity index (χ3v) is 4.04. The largest absolute Gasteiger partial charge is 0.494 e. The number of furan rings is 1. The average molecular weight is 391 g/mol. The first-order valence-electron chi connectivity index (χ1n) is 9.09. The minimum absolute atomic E-state index is 0.225. The molecule has 1 aromatic heterocycles. The van der Waals surface area contributed by atoms with Crippen molar-refractivity contribution in [3.8, 4) is 5.75 Å². The number of amides is 2. The Morgan fingerprint density at radius 3 is 2.48 bits per heavy atom. The van der Waals surface area contributed by atoms with E-state index in [4.69, 9.17) is 9.15 Å². The molecule has 0 aliphatic heterocycles. The smallest absolute Gasteiger partial charge is 0.291 e. The summed E-state index contributed by atoms with van der Waals surface area (Å²) in [6.07, 6.45) is 1.44. The van der Waals surface area contributed by atoms with Gasteiger partial charge in [-0.05, 0) is 67.9 Å². The minimum atomic E-state index is -0.342. The van der Waals surface area contributed by atoms with Crippen LogP contribution in [0.2, 0.25) is 0 Å². The van der Waals surface area contributed by atoms with E-state index in [1.807, 2.05) is 13.0 Å². The molecule has 0 spiro atoms. The molecule has 0 fully saturated rings. The molecule has 7 heteroatoms. The monoisotopic (exact) mass is 391 g/mol. The van der Waals surface area contributed by atoms with Crippen molar-refractivity contribution in [3.63, 3.8) is 0 Å². The molecule has 1 heterocycles. The molecular weight excluding hydrogens is 370 g/mol. The lowest BCUT2D eigenvalue weighted by Gasteiger charge is -2.07. The number of hydrogen-bond donors (Lipinski definition) is 2. The summed E-state index contributed by atoms with van der Waals surface area (Å²) in [6, 6.07) is 17.2. The van der Waals surface area contributed by atoms with E-state index in [0.717, 1.165) is 5.56 Å². The summed E-state index contributed by atoms with van der Waals surface area (Å²) in [7, 11) is 0. The SMILES string of the molecule is CCOc1ccc(C(=O)N/N=C(/C)c2cccc(NC(=O)c3ccco3)c2)cc1. The van der Waals surface area contributed by atoms with Gasteiger partial charge in [0, 0.05) is 11.3 Å². The normalized spacial score (nSPS) is 11.0. The summed E-state index contributed by atoms with van der Waals surface area (Å²) in [4.78, 5) is 24.4.